The van der Waals surface area contributed by atoms with Crippen LogP contribution in [0.3, 0.4) is 0 Å². The van der Waals surface area contributed by atoms with Crippen molar-refractivity contribution in [2.45, 2.75) is 32.7 Å². The van der Waals surface area contributed by atoms with E-state index in [1.807, 2.05) is 36.1 Å². The Hall–Kier alpha value is -1.26. The normalized spacial score (nSPS) is 17.1. The molecule has 1 atom stereocenters. The molecule has 118 valence electrons. The number of nitrogens with zero attached hydrogens (tertiary/aromatic N) is 1. The third kappa shape index (κ3) is 4.61. The number of amides is 1. The molecule has 1 fully saturated rings. The second-order valence-corrected chi connectivity index (χ2v) is 5.11. The van der Waals surface area contributed by atoms with Crippen LogP contribution >= 0.6 is 12.4 Å². The van der Waals surface area contributed by atoms with Gasteiger partial charge >= 0.3 is 0 Å². The zero-order valence-electron chi connectivity index (χ0n) is 12.8. The van der Waals surface area contributed by atoms with Gasteiger partial charge in [-0.1, -0.05) is 13.0 Å². The minimum absolute atomic E-state index is 0. The quantitative estimate of drug-likeness (QED) is 0.878. The second-order valence-electron chi connectivity index (χ2n) is 5.11. The number of hydrogen-bond donors (Lipinski definition) is 1. The van der Waals surface area contributed by atoms with E-state index < -0.39 is 0 Å². The maximum atomic E-state index is 12.7. The van der Waals surface area contributed by atoms with Gasteiger partial charge in [-0.15, -0.1) is 12.4 Å². The molecule has 21 heavy (non-hydrogen) atoms. The number of carbonyl (C=O) groups excluding carboxylic acids is 1. The van der Waals surface area contributed by atoms with Gasteiger partial charge in [0.15, 0.2) is 0 Å². The summed E-state index contributed by atoms with van der Waals surface area (Å²) < 4.78 is 5.48. The topological polar surface area (TPSA) is 41.6 Å². The number of benzene rings is 1. The van der Waals surface area contributed by atoms with Gasteiger partial charge in [-0.2, -0.15) is 0 Å². The van der Waals surface area contributed by atoms with Gasteiger partial charge in [-0.3, -0.25) is 4.79 Å². The Morgan fingerprint density at radius 1 is 1.43 bits per heavy atom. The summed E-state index contributed by atoms with van der Waals surface area (Å²) in [5.41, 5.74) is 0.719. The maximum Gasteiger partial charge on any atom is 0.254 e. The molecule has 1 unspecified atom stereocenters. The molecule has 0 bridgehead atoms. The molecule has 0 radical (unpaired) electrons. The van der Waals surface area contributed by atoms with E-state index in [0.29, 0.717) is 12.6 Å². The molecule has 1 aliphatic rings. The zero-order chi connectivity index (χ0) is 14.4. The first-order valence-corrected chi connectivity index (χ1v) is 7.50. The highest BCUT2D eigenvalue weighted by molar-refractivity contribution is 5.94. The van der Waals surface area contributed by atoms with Crippen LogP contribution < -0.4 is 10.1 Å². The number of rotatable bonds is 6. The summed E-state index contributed by atoms with van der Waals surface area (Å²) in [6.45, 7) is 7.38. The second kappa shape index (κ2) is 8.90. The lowest BCUT2D eigenvalue weighted by molar-refractivity contribution is 0.0692. The smallest absolute Gasteiger partial charge is 0.254 e. The van der Waals surface area contributed by atoms with E-state index in [9.17, 15) is 4.79 Å². The van der Waals surface area contributed by atoms with Crippen LogP contribution in [0.2, 0.25) is 0 Å². The number of ether oxygens (including phenoxy) is 1. The van der Waals surface area contributed by atoms with Crippen molar-refractivity contribution >= 4 is 18.3 Å². The predicted molar refractivity (Wildman–Crippen MR) is 87.5 cm³/mol. The Bertz CT molecular complexity index is 448. The van der Waals surface area contributed by atoms with Crippen molar-refractivity contribution in [1.29, 1.82) is 0 Å². The van der Waals surface area contributed by atoms with Crippen molar-refractivity contribution in [2.75, 3.05) is 26.2 Å². The van der Waals surface area contributed by atoms with Crippen LogP contribution in [0, 0.1) is 0 Å². The lowest BCUT2D eigenvalue weighted by Gasteiger charge is -2.28. The predicted octanol–water partition coefficient (Wildman–Crippen LogP) is 2.72. The van der Waals surface area contributed by atoms with E-state index in [-0.39, 0.29) is 18.3 Å². The molecule has 1 N–H and O–H groups in total. The Morgan fingerprint density at radius 2 is 2.24 bits per heavy atom. The molecule has 5 heteroatoms. The van der Waals surface area contributed by atoms with Gasteiger partial charge in [0, 0.05) is 24.7 Å². The Labute approximate surface area is 133 Å². The summed E-state index contributed by atoms with van der Waals surface area (Å²) >= 11 is 0. The van der Waals surface area contributed by atoms with Crippen LogP contribution in [-0.2, 0) is 0 Å². The average molecular weight is 313 g/mol. The molecule has 4 nitrogen and oxygen atoms in total. The largest absolute Gasteiger partial charge is 0.494 e. The third-order valence-electron chi connectivity index (χ3n) is 3.59. The highest BCUT2D eigenvalue weighted by Gasteiger charge is 2.26. The summed E-state index contributed by atoms with van der Waals surface area (Å²) in [6, 6.07) is 7.81. The van der Waals surface area contributed by atoms with Crippen molar-refractivity contribution < 1.29 is 9.53 Å². The summed E-state index contributed by atoms with van der Waals surface area (Å²) in [7, 11) is 0. The molecule has 2 rings (SSSR count). The molecular weight excluding hydrogens is 288 g/mol. The molecule has 0 saturated carbocycles. The fourth-order valence-corrected chi connectivity index (χ4v) is 2.65. The molecule has 1 amide bonds. The summed E-state index contributed by atoms with van der Waals surface area (Å²) in [5, 5.41) is 3.33. The molecule has 0 aliphatic carbocycles. The van der Waals surface area contributed by atoms with E-state index in [1.165, 1.54) is 0 Å². The number of carbonyl (C=O) groups is 1. The molecule has 0 spiro atoms. The van der Waals surface area contributed by atoms with Crippen molar-refractivity contribution in [1.82, 2.24) is 10.2 Å². The Kier molecular flexibility index (Phi) is 7.54. The van der Waals surface area contributed by atoms with Crippen LogP contribution in [0.25, 0.3) is 0 Å². The SMILES string of the molecule is CCCN(C(=O)c1cccc(OCC)c1)C1CCNC1.Cl. The van der Waals surface area contributed by atoms with E-state index >= 15 is 0 Å². The number of halogens is 1. The van der Waals surface area contributed by atoms with Crippen LogP contribution in [-0.4, -0.2) is 43.1 Å². The molecule has 0 aromatic heterocycles. The van der Waals surface area contributed by atoms with Crippen molar-refractivity contribution in [3.05, 3.63) is 29.8 Å². The molecule has 1 aromatic carbocycles. The maximum absolute atomic E-state index is 12.7. The first kappa shape index (κ1) is 17.8. The van der Waals surface area contributed by atoms with Gasteiger partial charge in [0.2, 0.25) is 0 Å². The molecule has 1 heterocycles. The van der Waals surface area contributed by atoms with E-state index in [2.05, 4.69) is 12.2 Å². The van der Waals surface area contributed by atoms with Gasteiger partial charge in [0.1, 0.15) is 5.75 Å². The van der Waals surface area contributed by atoms with Gasteiger partial charge < -0.3 is 15.0 Å². The minimum Gasteiger partial charge on any atom is -0.494 e. The van der Waals surface area contributed by atoms with E-state index in [4.69, 9.17) is 4.74 Å². The Balaban J connectivity index is 0.00000220. The van der Waals surface area contributed by atoms with Crippen molar-refractivity contribution in [2.24, 2.45) is 0 Å². The molecular formula is C16H25ClN2O2. The van der Waals surface area contributed by atoms with Crippen LogP contribution in [0.15, 0.2) is 24.3 Å². The lowest BCUT2D eigenvalue weighted by Crippen LogP contribution is -2.42. The van der Waals surface area contributed by atoms with Gasteiger partial charge in [-0.05, 0) is 44.5 Å². The standard InChI is InChI=1S/C16H24N2O2.ClH/c1-3-10-18(14-8-9-17-12-14)16(19)13-6-5-7-15(11-13)20-4-2;/h5-7,11,14,17H,3-4,8-10,12H2,1-2H3;1H. The van der Waals surface area contributed by atoms with Gasteiger partial charge in [0.05, 0.1) is 6.61 Å². The minimum atomic E-state index is 0. The zero-order valence-corrected chi connectivity index (χ0v) is 13.6. The molecule has 1 aromatic rings. The summed E-state index contributed by atoms with van der Waals surface area (Å²) in [4.78, 5) is 14.7. The highest BCUT2D eigenvalue weighted by Crippen LogP contribution is 2.18. The fourth-order valence-electron chi connectivity index (χ4n) is 2.65. The first-order valence-electron chi connectivity index (χ1n) is 7.50. The molecule has 1 aliphatic heterocycles. The monoisotopic (exact) mass is 312 g/mol. The van der Waals surface area contributed by atoms with Crippen LogP contribution in [0.5, 0.6) is 5.75 Å². The van der Waals surface area contributed by atoms with E-state index in [1.54, 1.807) is 0 Å². The van der Waals surface area contributed by atoms with Gasteiger partial charge in [-0.25, -0.2) is 0 Å². The fraction of sp³-hybridized carbons (Fsp3) is 0.562. The third-order valence-corrected chi connectivity index (χ3v) is 3.59. The lowest BCUT2D eigenvalue weighted by atomic mass is 10.1. The van der Waals surface area contributed by atoms with Crippen molar-refractivity contribution in [3.8, 4) is 5.75 Å². The summed E-state index contributed by atoms with van der Waals surface area (Å²) in [5.74, 6) is 0.876. The van der Waals surface area contributed by atoms with E-state index in [0.717, 1.165) is 43.8 Å². The number of nitrogens with one attached hydrogen (secondary N) is 1. The summed E-state index contributed by atoms with van der Waals surface area (Å²) in [6.07, 6.45) is 2.02. The molecule has 1 saturated heterocycles. The van der Waals surface area contributed by atoms with Gasteiger partial charge in [0.25, 0.3) is 5.91 Å². The number of hydrogen-bond acceptors (Lipinski definition) is 3. The van der Waals surface area contributed by atoms with Crippen LogP contribution in [0.1, 0.15) is 37.0 Å². The average Bonchev–Trinajstić information content (AvgIpc) is 2.98. The first-order chi connectivity index (χ1) is 9.76. The highest BCUT2D eigenvalue weighted by atomic mass is 35.5. The Morgan fingerprint density at radius 3 is 2.86 bits per heavy atom. The van der Waals surface area contributed by atoms with Crippen LogP contribution in [0.4, 0.5) is 0 Å². The van der Waals surface area contributed by atoms with Crippen molar-refractivity contribution in [3.63, 3.8) is 0 Å².